The second-order valence-electron chi connectivity index (χ2n) is 7.59. The molecule has 0 unspecified atom stereocenters. The molecule has 7 heteroatoms. The number of esters is 2. The largest absolute Gasteiger partial charge is 0.458 e. The molecule has 0 aromatic carbocycles. The summed E-state index contributed by atoms with van der Waals surface area (Å²) in [6.07, 6.45) is 0.0321. The van der Waals surface area contributed by atoms with Crippen molar-refractivity contribution in [3.8, 4) is 0 Å². The van der Waals surface area contributed by atoms with Gasteiger partial charge in [0.05, 0.1) is 11.5 Å². The molecule has 3 aliphatic rings. The second kappa shape index (κ2) is 6.73. The van der Waals surface area contributed by atoms with Crippen LogP contribution in [0.4, 0.5) is 0 Å². The Morgan fingerprint density at radius 3 is 2.74 bits per heavy atom. The van der Waals surface area contributed by atoms with Crippen molar-refractivity contribution in [1.29, 1.82) is 0 Å². The Balaban J connectivity index is 2.03. The van der Waals surface area contributed by atoms with Crippen molar-refractivity contribution in [3.05, 3.63) is 35.5 Å². The maximum Gasteiger partial charge on any atom is 0.334 e. The zero-order chi connectivity index (χ0) is 20.1. The summed E-state index contributed by atoms with van der Waals surface area (Å²) in [5.41, 5.74) is -0.505. The number of hydrogen-bond donors (Lipinski definition) is 1. The van der Waals surface area contributed by atoms with Crippen molar-refractivity contribution in [2.24, 2.45) is 5.92 Å². The Bertz CT molecular complexity index is 773. The summed E-state index contributed by atoms with van der Waals surface area (Å²) in [6, 6.07) is 0. The van der Waals surface area contributed by atoms with Gasteiger partial charge < -0.3 is 19.3 Å². The summed E-state index contributed by atoms with van der Waals surface area (Å²) in [4.78, 5) is 36.9. The summed E-state index contributed by atoms with van der Waals surface area (Å²) < 4.78 is 16.4. The number of ketones is 1. The van der Waals surface area contributed by atoms with Gasteiger partial charge in [-0.3, -0.25) is 4.79 Å². The molecular weight excluding hydrogens is 352 g/mol. The monoisotopic (exact) mass is 376 g/mol. The average Bonchev–Trinajstić information content (AvgIpc) is 3.35. The van der Waals surface area contributed by atoms with Crippen LogP contribution in [0.25, 0.3) is 0 Å². The third kappa shape index (κ3) is 3.49. The molecule has 7 nitrogen and oxygen atoms in total. The van der Waals surface area contributed by atoms with Gasteiger partial charge in [-0.15, -0.1) is 0 Å². The Labute approximate surface area is 157 Å². The molecule has 2 fully saturated rings. The molecule has 0 saturated carbocycles. The first-order valence-electron chi connectivity index (χ1n) is 8.91. The number of hydrogen-bond acceptors (Lipinski definition) is 7. The lowest BCUT2D eigenvalue weighted by atomic mass is 9.80. The first-order chi connectivity index (χ1) is 12.6. The van der Waals surface area contributed by atoms with E-state index in [1.54, 1.807) is 32.9 Å². The van der Waals surface area contributed by atoms with Crippen LogP contribution < -0.4 is 0 Å². The molecule has 1 N–H and O–H groups in total. The maximum atomic E-state index is 12.5. The van der Waals surface area contributed by atoms with Gasteiger partial charge in [-0.25, -0.2) is 9.59 Å². The van der Waals surface area contributed by atoms with Crippen LogP contribution in [-0.4, -0.2) is 52.8 Å². The molecule has 0 bridgehead atoms. The van der Waals surface area contributed by atoms with E-state index in [0.29, 0.717) is 11.1 Å². The van der Waals surface area contributed by atoms with Crippen LogP contribution >= 0.6 is 0 Å². The lowest BCUT2D eigenvalue weighted by Gasteiger charge is -2.32. The molecule has 6 atom stereocenters. The highest BCUT2D eigenvalue weighted by Gasteiger charge is 2.58. The molecule has 0 radical (unpaired) electrons. The topological polar surface area (TPSA) is 102 Å². The van der Waals surface area contributed by atoms with Gasteiger partial charge in [0.2, 0.25) is 0 Å². The molecular formula is C20H24O7. The Morgan fingerprint density at radius 1 is 1.44 bits per heavy atom. The van der Waals surface area contributed by atoms with Gasteiger partial charge in [0.1, 0.15) is 24.4 Å². The lowest BCUT2D eigenvalue weighted by molar-refractivity contribution is -0.151. The highest BCUT2D eigenvalue weighted by molar-refractivity contribution is 6.01. The van der Waals surface area contributed by atoms with Crippen LogP contribution in [0.1, 0.15) is 34.1 Å². The van der Waals surface area contributed by atoms with Crippen LogP contribution in [0.5, 0.6) is 0 Å². The molecule has 2 heterocycles. The fourth-order valence-corrected chi connectivity index (χ4v) is 3.63. The number of carbonyl (C=O) groups is 3. The normalized spacial score (nSPS) is 41.1. The van der Waals surface area contributed by atoms with Crippen molar-refractivity contribution >= 4 is 17.7 Å². The van der Waals surface area contributed by atoms with Gasteiger partial charge in [0, 0.05) is 17.6 Å². The van der Waals surface area contributed by atoms with Gasteiger partial charge in [-0.1, -0.05) is 12.7 Å². The Morgan fingerprint density at radius 2 is 2.11 bits per heavy atom. The summed E-state index contributed by atoms with van der Waals surface area (Å²) in [5.74, 6) is -2.11. The van der Waals surface area contributed by atoms with Crippen LogP contribution in [-0.2, 0) is 28.6 Å². The summed E-state index contributed by atoms with van der Waals surface area (Å²) >= 11 is 0. The van der Waals surface area contributed by atoms with Gasteiger partial charge in [-0.2, -0.15) is 0 Å². The van der Waals surface area contributed by atoms with Crippen LogP contribution in [0.2, 0.25) is 0 Å². The van der Waals surface area contributed by atoms with E-state index in [4.69, 9.17) is 14.2 Å². The van der Waals surface area contributed by atoms with E-state index in [1.807, 2.05) is 0 Å². The zero-order valence-corrected chi connectivity index (χ0v) is 15.9. The highest BCUT2D eigenvalue weighted by atomic mass is 16.6. The van der Waals surface area contributed by atoms with E-state index in [9.17, 15) is 19.5 Å². The van der Waals surface area contributed by atoms with E-state index in [2.05, 4.69) is 6.58 Å². The maximum absolute atomic E-state index is 12.5. The molecule has 1 aliphatic carbocycles. The number of Topliss-reactive ketones (excluding diaryl/α,β-unsaturated/α-hetero) is 1. The van der Waals surface area contributed by atoms with Crippen molar-refractivity contribution in [1.82, 2.24) is 0 Å². The Hall–Kier alpha value is -2.25. The predicted molar refractivity (Wildman–Crippen MR) is 94.5 cm³/mol. The molecule has 0 aromatic rings. The highest BCUT2D eigenvalue weighted by Crippen LogP contribution is 2.43. The smallest absolute Gasteiger partial charge is 0.334 e. The standard InChI is InChI=1S/C20H24O7/c1-6-9(2)18(22)26-13-8-20(5,24)17-16(27-17)15(21)10(3)7-12-14(13)11(4)19(23)25-12/h6-7,12-14,16-17,24H,4,8H2,1-3,5H3/b9-6+,10-7-/t12-,13-,14+,16+,17-,20-/m1/s1. The Kier molecular flexibility index (Phi) is 4.86. The SMILES string of the molecule is C=C1C(=O)O[C@@H]2/C=C(/C)C(=O)[C@@H]3O[C@H]3[C@](C)(O)C[C@@H](OC(=O)/C(C)=C/C)[C@@H]12. The number of fused-ring (bicyclic) bond motifs is 2. The number of carbonyl (C=O) groups excluding carboxylic acids is 3. The third-order valence-electron chi connectivity index (χ3n) is 5.46. The van der Waals surface area contributed by atoms with E-state index in [-0.39, 0.29) is 17.8 Å². The summed E-state index contributed by atoms with van der Waals surface area (Å²) in [7, 11) is 0. The van der Waals surface area contributed by atoms with E-state index in [0.717, 1.165) is 0 Å². The van der Waals surface area contributed by atoms with Crippen LogP contribution in [0.3, 0.4) is 0 Å². The number of epoxide rings is 1. The molecule has 2 saturated heterocycles. The van der Waals surface area contributed by atoms with Crippen LogP contribution in [0, 0.1) is 5.92 Å². The fraction of sp³-hybridized carbons (Fsp3) is 0.550. The van der Waals surface area contributed by atoms with Crippen molar-refractivity contribution in [3.63, 3.8) is 0 Å². The first kappa shape index (κ1) is 19.5. The quantitative estimate of drug-likeness (QED) is 0.441. The van der Waals surface area contributed by atoms with Gasteiger partial charge in [0.25, 0.3) is 0 Å². The minimum atomic E-state index is -1.43. The van der Waals surface area contributed by atoms with E-state index in [1.165, 1.54) is 6.92 Å². The lowest BCUT2D eigenvalue weighted by Crippen LogP contribution is -2.44. The van der Waals surface area contributed by atoms with Crippen LogP contribution in [0.15, 0.2) is 35.5 Å². The number of rotatable bonds is 2. The van der Waals surface area contributed by atoms with E-state index >= 15 is 0 Å². The molecule has 3 rings (SSSR count). The average molecular weight is 376 g/mol. The number of aliphatic hydroxyl groups is 1. The number of ether oxygens (including phenoxy) is 3. The van der Waals surface area contributed by atoms with Crippen molar-refractivity contribution in [2.45, 2.75) is 64.1 Å². The fourth-order valence-electron chi connectivity index (χ4n) is 3.63. The molecule has 0 amide bonds. The zero-order valence-electron chi connectivity index (χ0n) is 15.9. The minimum Gasteiger partial charge on any atom is -0.458 e. The molecule has 146 valence electrons. The molecule has 2 aliphatic heterocycles. The van der Waals surface area contributed by atoms with E-state index < -0.39 is 47.9 Å². The second-order valence-corrected chi connectivity index (χ2v) is 7.59. The van der Waals surface area contributed by atoms with Gasteiger partial charge in [0.15, 0.2) is 5.78 Å². The third-order valence-corrected chi connectivity index (χ3v) is 5.46. The first-order valence-corrected chi connectivity index (χ1v) is 8.91. The molecule has 0 spiro atoms. The number of allylic oxidation sites excluding steroid dienone is 1. The molecule has 27 heavy (non-hydrogen) atoms. The summed E-state index contributed by atoms with van der Waals surface area (Å²) in [6.45, 7) is 10.2. The van der Waals surface area contributed by atoms with Crippen molar-refractivity contribution in [2.75, 3.05) is 0 Å². The minimum absolute atomic E-state index is 0.0199. The molecule has 0 aromatic heterocycles. The predicted octanol–water partition coefficient (Wildman–Crippen LogP) is 1.40. The van der Waals surface area contributed by atoms with Crippen molar-refractivity contribution < 1.29 is 33.7 Å². The van der Waals surface area contributed by atoms with Gasteiger partial charge >= 0.3 is 11.9 Å². The summed E-state index contributed by atoms with van der Waals surface area (Å²) in [5, 5.41) is 10.9. The van der Waals surface area contributed by atoms with Gasteiger partial charge in [-0.05, 0) is 39.3 Å².